The number of carbonyl (C=O) groups is 1. The molecule has 0 saturated heterocycles. The van der Waals surface area contributed by atoms with Gasteiger partial charge in [-0.15, -0.1) is 0 Å². The van der Waals surface area contributed by atoms with Crippen molar-refractivity contribution in [2.45, 2.75) is 0 Å². The second kappa shape index (κ2) is 3.10. The highest BCUT2D eigenvalue weighted by molar-refractivity contribution is 9.10. The summed E-state index contributed by atoms with van der Waals surface area (Å²) in [5.74, 6) is -1.34. The van der Waals surface area contributed by atoms with Crippen molar-refractivity contribution in [3.05, 3.63) is 28.0 Å². The topological polar surface area (TPSA) is 69.1 Å². The van der Waals surface area contributed by atoms with E-state index in [1.807, 2.05) is 0 Å². The SMILES string of the molecule is NC(=O)c1cc(F)c(N)c(Br)c1. The Kier molecular flexibility index (Phi) is 2.32. The summed E-state index contributed by atoms with van der Waals surface area (Å²) in [5.41, 5.74) is 10.3. The fourth-order valence-corrected chi connectivity index (χ4v) is 1.16. The van der Waals surface area contributed by atoms with Crippen LogP contribution in [0.5, 0.6) is 0 Å². The Bertz CT molecular complexity index is 317. The zero-order valence-corrected chi connectivity index (χ0v) is 7.56. The summed E-state index contributed by atoms with van der Waals surface area (Å²) in [6.45, 7) is 0. The minimum Gasteiger partial charge on any atom is -0.395 e. The molecule has 1 aromatic rings. The van der Waals surface area contributed by atoms with E-state index in [1.54, 1.807) is 0 Å². The molecule has 4 N–H and O–H groups in total. The van der Waals surface area contributed by atoms with Crippen LogP contribution < -0.4 is 11.5 Å². The lowest BCUT2D eigenvalue weighted by molar-refractivity contribution is 0.1000. The van der Waals surface area contributed by atoms with E-state index < -0.39 is 11.7 Å². The lowest BCUT2D eigenvalue weighted by Gasteiger charge is -2.01. The maximum Gasteiger partial charge on any atom is 0.248 e. The zero-order chi connectivity index (χ0) is 9.30. The van der Waals surface area contributed by atoms with Gasteiger partial charge in [-0.3, -0.25) is 4.79 Å². The maximum absolute atomic E-state index is 12.8. The molecule has 0 spiro atoms. The van der Waals surface area contributed by atoms with E-state index in [9.17, 15) is 9.18 Å². The second-order valence-electron chi connectivity index (χ2n) is 2.22. The third-order valence-corrected chi connectivity index (χ3v) is 2.02. The highest BCUT2D eigenvalue weighted by Crippen LogP contribution is 2.23. The molecule has 3 nitrogen and oxygen atoms in total. The van der Waals surface area contributed by atoms with Crippen molar-refractivity contribution >= 4 is 27.5 Å². The molecular formula is C7H6BrFN2O. The fourth-order valence-electron chi connectivity index (χ4n) is 0.727. The first-order valence-electron chi connectivity index (χ1n) is 3.06. The molecule has 0 radical (unpaired) electrons. The highest BCUT2D eigenvalue weighted by atomic mass is 79.9. The third-order valence-electron chi connectivity index (χ3n) is 1.36. The molecule has 0 bridgehead atoms. The maximum atomic E-state index is 12.8. The molecule has 1 aromatic carbocycles. The van der Waals surface area contributed by atoms with E-state index >= 15 is 0 Å². The van der Waals surface area contributed by atoms with E-state index in [4.69, 9.17) is 11.5 Å². The molecule has 0 fully saturated rings. The first-order chi connectivity index (χ1) is 5.52. The minimum absolute atomic E-state index is 0.0278. The summed E-state index contributed by atoms with van der Waals surface area (Å²) >= 11 is 2.99. The van der Waals surface area contributed by atoms with Crippen LogP contribution in [0.15, 0.2) is 16.6 Å². The number of amides is 1. The summed E-state index contributed by atoms with van der Waals surface area (Å²) in [5, 5.41) is 0. The van der Waals surface area contributed by atoms with Crippen LogP contribution in [0.2, 0.25) is 0 Å². The Morgan fingerprint density at radius 2 is 2.08 bits per heavy atom. The molecule has 0 aliphatic rings. The molecule has 0 aliphatic heterocycles. The van der Waals surface area contributed by atoms with Crippen LogP contribution in [0.4, 0.5) is 10.1 Å². The van der Waals surface area contributed by atoms with Gasteiger partial charge in [0.25, 0.3) is 0 Å². The number of nitrogen functional groups attached to an aromatic ring is 1. The van der Waals surface area contributed by atoms with E-state index in [0.29, 0.717) is 4.47 Å². The van der Waals surface area contributed by atoms with Crippen LogP contribution in [0.3, 0.4) is 0 Å². The molecule has 0 heterocycles. The number of primary amides is 1. The van der Waals surface area contributed by atoms with Crippen LogP contribution in [-0.4, -0.2) is 5.91 Å². The molecule has 5 heteroatoms. The molecule has 1 rings (SSSR count). The smallest absolute Gasteiger partial charge is 0.248 e. The van der Waals surface area contributed by atoms with Crippen molar-refractivity contribution in [3.63, 3.8) is 0 Å². The van der Waals surface area contributed by atoms with Gasteiger partial charge in [0.05, 0.1) is 5.69 Å². The minimum atomic E-state index is -0.686. The average molecular weight is 233 g/mol. The Hall–Kier alpha value is -1.10. The molecule has 64 valence electrons. The van der Waals surface area contributed by atoms with Gasteiger partial charge >= 0.3 is 0 Å². The van der Waals surface area contributed by atoms with Gasteiger partial charge in [0.15, 0.2) is 0 Å². The number of hydrogen-bond donors (Lipinski definition) is 2. The number of carbonyl (C=O) groups excluding carboxylic acids is 1. The Morgan fingerprint density at radius 1 is 1.50 bits per heavy atom. The van der Waals surface area contributed by atoms with Crippen LogP contribution in [0.25, 0.3) is 0 Å². The molecule has 1 amide bonds. The Morgan fingerprint density at radius 3 is 2.50 bits per heavy atom. The molecule has 0 atom stereocenters. The van der Waals surface area contributed by atoms with Crippen LogP contribution in [-0.2, 0) is 0 Å². The molecule has 12 heavy (non-hydrogen) atoms. The van der Waals surface area contributed by atoms with Gasteiger partial charge in [-0.05, 0) is 28.1 Å². The van der Waals surface area contributed by atoms with E-state index in [1.165, 1.54) is 6.07 Å². The van der Waals surface area contributed by atoms with Gasteiger partial charge in [-0.25, -0.2) is 4.39 Å². The van der Waals surface area contributed by atoms with Crippen molar-refractivity contribution < 1.29 is 9.18 Å². The quantitative estimate of drug-likeness (QED) is 0.717. The van der Waals surface area contributed by atoms with E-state index in [2.05, 4.69) is 15.9 Å². The fraction of sp³-hybridized carbons (Fsp3) is 0. The lowest BCUT2D eigenvalue weighted by Crippen LogP contribution is -2.11. The summed E-state index contributed by atoms with van der Waals surface area (Å²) in [4.78, 5) is 10.6. The van der Waals surface area contributed by atoms with E-state index in [0.717, 1.165) is 6.07 Å². The first-order valence-corrected chi connectivity index (χ1v) is 3.86. The standard InChI is InChI=1S/C7H6BrFN2O/c8-4-1-3(7(11)12)2-5(9)6(4)10/h1-2H,10H2,(H2,11,12). The van der Waals surface area contributed by atoms with Gasteiger partial charge in [-0.2, -0.15) is 0 Å². The number of nitrogens with two attached hydrogens (primary N) is 2. The van der Waals surface area contributed by atoms with Crippen LogP contribution >= 0.6 is 15.9 Å². The van der Waals surface area contributed by atoms with Gasteiger partial charge in [-0.1, -0.05) is 0 Å². The van der Waals surface area contributed by atoms with Gasteiger partial charge in [0.1, 0.15) is 5.82 Å². The van der Waals surface area contributed by atoms with Gasteiger partial charge in [0.2, 0.25) is 5.91 Å². The number of anilines is 1. The average Bonchev–Trinajstić information content (AvgIpc) is 1.99. The van der Waals surface area contributed by atoms with Crippen molar-refractivity contribution in [1.29, 1.82) is 0 Å². The summed E-state index contributed by atoms with van der Waals surface area (Å²) in [6.07, 6.45) is 0. The van der Waals surface area contributed by atoms with E-state index in [-0.39, 0.29) is 11.3 Å². The molecule has 0 aliphatic carbocycles. The largest absolute Gasteiger partial charge is 0.395 e. The van der Waals surface area contributed by atoms with Crippen LogP contribution in [0, 0.1) is 5.82 Å². The second-order valence-corrected chi connectivity index (χ2v) is 3.07. The first kappa shape index (κ1) is 8.99. The lowest BCUT2D eigenvalue weighted by atomic mass is 10.2. The van der Waals surface area contributed by atoms with Crippen molar-refractivity contribution in [2.24, 2.45) is 5.73 Å². The van der Waals surface area contributed by atoms with Crippen molar-refractivity contribution in [3.8, 4) is 0 Å². The Balaban J connectivity index is 3.31. The van der Waals surface area contributed by atoms with Gasteiger partial charge in [0, 0.05) is 10.0 Å². The number of benzene rings is 1. The van der Waals surface area contributed by atoms with Crippen molar-refractivity contribution in [2.75, 3.05) is 5.73 Å². The molecule has 0 aromatic heterocycles. The summed E-state index contributed by atoms with van der Waals surface area (Å²) in [7, 11) is 0. The highest BCUT2D eigenvalue weighted by Gasteiger charge is 2.08. The third kappa shape index (κ3) is 1.55. The summed E-state index contributed by atoms with van der Waals surface area (Å²) in [6, 6.07) is 2.38. The monoisotopic (exact) mass is 232 g/mol. The van der Waals surface area contributed by atoms with Gasteiger partial charge < -0.3 is 11.5 Å². The normalized spacial score (nSPS) is 9.83. The summed E-state index contributed by atoms with van der Waals surface area (Å²) < 4.78 is 13.2. The number of halogens is 2. The Labute approximate surface area is 76.7 Å². The molecular weight excluding hydrogens is 227 g/mol. The predicted octanol–water partition coefficient (Wildman–Crippen LogP) is 1.27. The number of hydrogen-bond acceptors (Lipinski definition) is 2. The number of rotatable bonds is 1. The zero-order valence-electron chi connectivity index (χ0n) is 5.97. The van der Waals surface area contributed by atoms with Crippen LogP contribution in [0.1, 0.15) is 10.4 Å². The molecule has 0 saturated carbocycles. The van der Waals surface area contributed by atoms with Crippen molar-refractivity contribution in [1.82, 2.24) is 0 Å². The molecule has 0 unspecified atom stereocenters. The predicted molar refractivity (Wildman–Crippen MR) is 47.0 cm³/mol.